The van der Waals surface area contributed by atoms with Gasteiger partial charge in [0, 0.05) is 6.08 Å². The molecule has 1 fully saturated rings. The molecule has 0 amide bonds. The highest BCUT2D eigenvalue weighted by Crippen LogP contribution is 2.16. The third-order valence-corrected chi connectivity index (χ3v) is 2.62. The summed E-state index contributed by atoms with van der Waals surface area (Å²) in [5, 5.41) is 25.6. The lowest BCUT2D eigenvalue weighted by atomic mass is 10.2. The van der Waals surface area contributed by atoms with Crippen LogP contribution < -0.4 is 5.32 Å². The second-order valence-electron chi connectivity index (χ2n) is 4.32. The van der Waals surface area contributed by atoms with Crippen molar-refractivity contribution < 1.29 is 14.8 Å². The number of carboxylic acid groups (broad SMARTS) is 1. The van der Waals surface area contributed by atoms with E-state index in [4.69, 9.17) is 5.11 Å². The summed E-state index contributed by atoms with van der Waals surface area (Å²) in [5.41, 5.74) is 0.167. The third kappa shape index (κ3) is 5.61. The zero-order valence-corrected chi connectivity index (χ0v) is 11.3. The molecule has 0 saturated carbocycles. The lowest BCUT2D eigenvalue weighted by Crippen LogP contribution is -2.21. The van der Waals surface area contributed by atoms with Crippen molar-refractivity contribution in [3.05, 3.63) is 28.0 Å². The highest BCUT2D eigenvalue weighted by atomic mass is 16.6. The highest BCUT2D eigenvalue weighted by Gasteiger charge is 2.16. The Morgan fingerprint density at radius 1 is 1.50 bits per heavy atom. The van der Waals surface area contributed by atoms with Crippen LogP contribution in [-0.2, 0) is 11.8 Å². The average molecular weight is 282 g/mol. The Hall–Kier alpha value is -2.22. The minimum Gasteiger partial charge on any atom is -0.478 e. The number of hydrogen-bond acceptors (Lipinski definition) is 5. The van der Waals surface area contributed by atoms with Crippen LogP contribution in [0.5, 0.6) is 0 Å². The summed E-state index contributed by atoms with van der Waals surface area (Å²) in [5.74, 6) is -1.52. The Morgan fingerprint density at radius 2 is 2.15 bits per heavy atom. The van der Waals surface area contributed by atoms with Gasteiger partial charge in [-0.05, 0) is 36.9 Å². The van der Waals surface area contributed by atoms with Crippen molar-refractivity contribution in [1.82, 2.24) is 15.1 Å². The SMILES string of the molecule is C1CCNCC1.Cn1cc(/C=C/C(=O)O)c([N+](=O)[O-])n1. The molecule has 0 radical (unpaired) electrons. The van der Waals surface area contributed by atoms with E-state index in [1.54, 1.807) is 0 Å². The van der Waals surface area contributed by atoms with Crippen LogP contribution in [-0.4, -0.2) is 38.9 Å². The quantitative estimate of drug-likeness (QED) is 0.489. The predicted molar refractivity (Wildman–Crippen MR) is 73.3 cm³/mol. The van der Waals surface area contributed by atoms with Crippen molar-refractivity contribution in [2.75, 3.05) is 13.1 Å². The van der Waals surface area contributed by atoms with Gasteiger partial charge in [-0.25, -0.2) is 4.79 Å². The number of carboxylic acids is 1. The lowest BCUT2D eigenvalue weighted by molar-refractivity contribution is -0.390. The van der Waals surface area contributed by atoms with E-state index in [2.05, 4.69) is 10.4 Å². The first kappa shape index (κ1) is 15.8. The minimum absolute atomic E-state index is 0.167. The first-order valence-electron chi connectivity index (χ1n) is 6.30. The zero-order valence-electron chi connectivity index (χ0n) is 11.3. The van der Waals surface area contributed by atoms with Gasteiger partial charge in [0.15, 0.2) is 0 Å². The standard InChI is InChI=1S/C7H7N3O4.C5H11N/c1-9-4-5(2-3-6(11)12)7(8-9)10(13)14;1-2-4-6-5-3-1/h2-4H,1H3,(H,11,12);6H,1-5H2/b3-2+;. The van der Waals surface area contributed by atoms with Crippen LogP contribution in [0.15, 0.2) is 12.3 Å². The summed E-state index contributed by atoms with van der Waals surface area (Å²) in [4.78, 5) is 19.9. The summed E-state index contributed by atoms with van der Waals surface area (Å²) in [6.45, 7) is 2.50. The summed E-state index contributed by atoms with van der Waals surface area (Å²) >= 11 is 0. The van der Waals surface area contributed by atoms with Gasteiger partial charge in [0.05, 0.1) is 23.9 Å². The Bertz CT molecular complexity index is 480. The monoisotopic (exact) mass is 282 g/mol. The molecule has 1 aliphatic rings. The van der Waals surface area contributed by atoms with Gasteiger partial charge in [-0.3, -0.25) is 0 Å². The Morgan fingerprint density at radius 3 is 2.55 bits per heavy atom. The van der Waals surface area contributed by atoms with Gasteiger partial charge in [-0.1, -0.05) is 6.42 Å². The van der Waals surface area contributed by atoms with Crippen LogP contribution in [0.25, 0.3) is 6.08 Å². The van der Waals surface area contributed by atoms with E-state index in [0.29, 0.717) is 0 Å². The number of nitrogens with zero attached hydrogens (tertiary/aromatic N) is 3. The molecule has 1 aromatic rings. The molecule has 1 saturated heterocycles. The Labute approximate surface area is 116 Å². The van der Waals surface area contributed by atoms with Crippen molar-refractivity contribution in [1.29, 1.82) is 0 Å². The predicted octanol–water partition coefficient (Wildman–Crippen LogP) is 1.19. The number of carbonyl (C=O) groups is 1. The molecule has 0 bridgehead atoms. The zero-order chi connectivity index (χ0) is 15.0. The van der Waals surface area contributed by atoms with E-state index in [1.807, 2.05) is 0 Å². The third-order valence-electron chi connectivity index (χ3n) is 2.62. The van der Waals surface area contributed by atoms with Crippen molar-refractivity contribution in [3.63, 3.8) is 0 Å². The van der Waals surface area contributed by atoms with Gasteiger partial charge >= 0.3 is 11.8 Å². The fraction of sp³-hybridized carbons (Fsp3) is 0.500. The first-order valence-corrected chi connectivity index (χ1v) is 6.30. The van der Waals surface area contributed by atoms with E-state index in [1.165, 1.54) is 50.3 Å². The Kier molecular flexibility index (Phi) is 6.38. The maximum absolute atomic E-state index is 10.4. The number of aryl methyl sites for hydroxylation is 1. The van der Waals surface area contributed by atoms with E-state index < -0.39 is 10.9 Å². The fourth-order valence-corrected chi connectivity index (χ4v) is 1.72. The molecule has 0 unspecified atom stereocenters. The second kappa shape index (κ2) is 8.05. The van der Waals surface area contributed by atoms with Crippen LogP contribution in [0.3, 0.4) is 0 Å². The van der Waals surface area contributed by atoms with E-state index in [-0.39, 0.29) is 11.4 Å². The highest BCUT2D eigenvalue weighted by molar-refractivity contribution is 5.85. The summed E-state index contributed by atoms with van der Waals surface area (Å²) in [6.07, 6.45) is 7.54. The maximum atomic E-state index is 10.4. The number of aliphatic carboxylic acids is 1. The molecular weight excluding hydrogens is 264 g/mol. The number of nitrogens with one attached hydrogen (secondary N) is 1. The van der Waals surface area contributed by atoms with Crippen molar-refractivity contribution in [3.8, 4) is 0 Å². The van der Waals surface area contributed by atoms with Crippen LogP contribution in [0, 0.1) is 10.1 Å². The van der Waals surface area contributed by atoms with Crippen LogP contribution in [0.2, 0.25) is 0 Å². The molecule has 2 N–H and O–H groups in total. The molecule has 8 nitrogen and oxygen atoms in total. The molecule has 1 aromatic heterocycles. The lowest BCUT2D eigenvalue weighted by Gasteiger charge is -2.08. The molecule has 110 valence electrons. The number of hydrogen-bond donors (Lipinski definition) is 2. The largest absolute Gasteiger partial charge is 0.478 e. The number of rotatable bonds is 3. The van der Waals surface area contributed by atoms with Gasteiger partial charge in [0.1, 0.15) is 0 Å². The van der Waals surface area contributed by atoms with Gasteiger partial charge in [0.2, 0.25) is 0 Å². The molecule has 20 heavy (non-hydrogen) atoms. The van der Waals surface area contributed by atoms with Gasteiger partial charge < -0.3 is 20.5 Å². The number of piperidine rings is 1. The molecular formula is C12H18N4O4. The van der Waals surface area contributed by atoms with Gasteiger partial charge in [-0.2, -0.15) is 4.68 Å². The van der Waals surface area contributed by atoms with Crippen molar-refractivity contribution in [2.24, 2.45) is 7.05 Å². The summed E-state index contributed by atoms with van der Waals surface area (Å²) in [6, 6.07) is 0. The number of aromatic nitrogens is 2. The molecule has 8 heteroatoms. The topological polar surface area (TPSA) is 110 Å². The van der Waals surface area contributed by atoms with Crippen LogP contribution in [0.1, 0.15) is 24.8 Å². The molecule has 2 heterocycles. The molecule has 0 atom stereocenters. The van der Waals surface area contributed by atoms with Crippen molar-refractivity contribution in [2.45, 2.75) is 19.3 Å². The van der Waals surface area contributed by atoms with Crippen molar-refractivity contribution >= 4 is 17.9 Å². The summed E-state index contributed by atoms with van der Waals surface area (Å²) < 4.78 is 1.25. The summed E-state index contributed by atoms with van der Waals surface area (Å²) in [7, 11) is 1.52. The average Bonchev–Trinajstić information content (AvgIpc) is 2.80. The minimum atomic E-state index is -1.16. The van der Waals surface area contributed by atoms with Crippen LogP contribution >= 0.6 is 0 Å². The first-order chi connectivity index (χ1) is 9.50. The van der Waals surface area contributed by atoms with Gasteiger partial charge in [-0.15, -0.1) is 0 Å². The fourth-order valence-electron chi connectivity index (χ4n) is 1.72. The molecule has 0 aliphatic carbocycles. The smallest absolute Gasteiger partial charge is 0.397 e. The second-order valence-corrected chi connectivity index (χ2v) is 4.32. The van der Waals surface area contributed by atoms with E-state index in [9.17, 15) is 14.9 Å². The van der Waals surface area contributed by atoms with E-state index >= 15 is 0 Å². The molecule has 2 rings (SSSR count). The van der Waals surface area contributed by atoms with Crippen LogP contribution in [0.4, 0.5) is 5.82 Å². The maximum Gasteiger partial charge on any atom is 0.397 e. The van der Waals surface area contributed by atoms with Gasteiger partial charge in [0.25, 0.3) is 0 Å². The number of nitro groups is 1. The molecule has 0 aromatic carbocycles. The normalized spacial score (nSPS) is 14.7. The molecule has 1 aliphatic heterocycles. The Balaban J connectivity index is 0.000000276. The molecule has 0 spiro atoms. The van der Waals surface area contributed by atoms with E-state index in [0.717, 1.165) is 12.2 Å².